The number of hydrogen-bond donors (Lipinski definition) is 1. The summed E-state index contributed by atoms with van der Waals surface area (Å²) in [6.45, 7) is 2.14. The molecule has 1 heterocycles. The maximum absolute atomic E-state index is 6.29. The van der Waals surface area contributed by atoms with Gasteiger partial charge in [0, 0.05) is 18.4 Å². The van der Waals surface area contributed by atoms with Crippen LogP contribution in [0.5, 0.6) is 0 Å². The van der Waals surface area contributed by atoms with E-state index in [2.05, 4.69) is 42.2 Å². The van der Waals surface area contributed by atoms with E-state index in [4.69, 9.17) is 5.73 Å². The largest absolute Gasteiger partial charge is 0.324 e. The van der Waals surface area contributed by atoms with Gasteiger partial charge in [0.15, 0.2) is 0 Å². The summed E-state index contributed by atoms with van der Waals surface area (Å²) in [5.41, 5.74) is 10.1. The molecule has 2 rings (SSSR count). The van der Waals surface area contributed by atoms with Crippen molar-refractivity contribution in [3.05, 3.63) is 65.5 Å². The molecular formula is C16H20N2. The molecule has 2 N–H and O–H groups in total. The molecule has 1 aromatic heterocycles. The van der Waals surface area contributed by atoms with Crippen LogP contribution in [0.25, 0.3) is 0 Å². The molecule has 1 aromatic carbocycles. The minimum Gasteiger partial charge on any atom is -0.324 e. The quantitative estimate of drug-likeness (QED) is 0.871. The maximum atomic E-state index is 6.29. The van der Waals surface area contributed by atoms with Gasteiger partial charge in [-0.15, -0.1) is 0 Å². The second-order valence-corrected chi connectivity index (χ2v) is 4.56. The fraction of sp³-hybridized carbons (Fsp3) is 0.312. The number of aromatic nitrogens is 1. The molecule has 94 valence electrons. The number of hydrogen-bond acceptors (Lipinski definition) is 2. The van der Waals surface area contributed by atoms with Crippen LogP contribution in [0.4, 0.5) is 0 Å². The molecule has 0 amide bonds. The molecule has 1 atom stereocenters. The van der Waals surface area contributed by atoms with Crippen LogP contribution in [0.1, 0.15) is 36.1 Å². The van der Waals surface area contributed by atoms with E-state index in [1.165, 1.54) is 16.7 Å². The molecule has 0 aliphatic rings. The van der Waals surface area contributed by atoms with Crippen LogP contribution in [0, 0.1) is 0 Å². The molecule has 1 unspecified atom stereocenters. The first-order valence-electron chi connectivity index (χ1n) is 6.53. The Balaban J connectivity index is 2.01. The number of rotatable bonds is 5. The van der Waals surface area contributed by atoms with Crippen LogP contribution in [0.15, 0.2) is 48.8 Å². The number of aryl methyl sites for hydroxylation is 2. The summed E-state index contributed by atoms with van der Waals surface area (Å²) in [7, 11) is 0. The second-order valence-electron chi connectivity index (χ2n) is 4.56. The van der Waals surface area contributed by atoms with Crippen LogP contribution in [0.2, 0.25) is 0 Å². The molecule has 0 saturated carbocycles. The van der Waals surface area contributed by atoms with E-state index in [0.29, 0.717) is 0 Å². The first-order chi connectivity index (χ1) is 8.81. The van der Waals surface area contributed by atoms with Crippen LogP contribution < -0.4 is 5.73 Å². The van der Waals surface area contributed by atoms with Crippen molar-refractivity contribution in [1.82, 2.24) is 4.98 Å². The minimum absolute atomic E-state index is 0.100. The van der Waals surface area contributed by atoms with Crippen LogP contribution in [0.3, 0.4) is 0 Å². The molecule has 0 aliphatic heterocycles. The first kappa shape index (κ1) is 12.8. The molecule has 0 bridgehead atoms. The Morgan fingerprint density at radius 1 is 1.17 bits per heavy atom. The van der Waals surface area contributed by atoms with Gasteiger partial charge in [-0.1, -0.05) is 37.3 Å². The standard InChI is InChI=1S/C16H20N2/c1-2-14-12-18-11-10-15(14)16(17)9-8-13-6-4-3-5-7-13/h3-7,10-12,16H,2,8-9,17H2,1H3. The molecule has 0 spiro atoms. The van der Waals surface area contributed by atoms with Crippen molar-refractivity contribution in [3.8, 4) is 0 Å². The zero-order valence-corrected chi connectivity index (χ0v) is 10.8. The lowest BCUT2D eigenvalue weighted by Crippen LogP contribution is -2.13. The Morgan fingerprint density at radius 2 is 1.94 bits per heavy atom. The highest BCUT2D eigenvalue weighted by molar-refractivity contribution is 5.27. The topological polar surface area (TPSA) is 38.9 Å². The predicted octanol–water partition coefficient (Wildman–Crippen LogP) is 3.28. The fourth-order valence-corrected chi connectivity index (χ4v) is 2.22. The average molecular weight is 240 g/mol. The Bertz CT molecular complexity index is 479. The Kier molecular flexibility index (Phi) is 4.48. The van der Waals surface area contributed by atoms with E-state index in [1.54, 1.807) is 0 Å². The molecule has 0 fully saturated rings. The van der Waals surface area contributed by atoms with E-state index in [9.17, 15) is 0 Å². The van der Waals surface area contributed by atoms with Crippen molar-refractivity contribution in [2.75, 3.05) is 0 Å². The van der Waals surface area contributed by atoms with Gasteiger partial charge in [-0.05, 0) is 42.0 Å². The van der Waals surface area contributed by atoms with Crippen molar-refractivity contribution in [2.24, 2.45) is 5.73 Å². The zero-order valence-electron chi connectivity index (χ0n) is 10.8. The van der Waals surface area contributed by atoms with E-state index in [-0.39, 0.29) is 6.04 Å². The Hall–Kier alpha value is -1.67. The monoisotopic (exact) mass is 240 g/mol. The molecular weight excluding hydrogens is 220 g/mol. The normalized spacial score (nSPS) is 12.3. The predicted molar refractivity (Wildman–Crippen MR) is 75.3 cm³/mol. The van der Waals surface area contributed by atoms with E-state index >= 15 is 0 Å². The molecule has 0 aliphatic carbocycles. The summed E-state index contributed by atoms with van der Waals surface area (Å²) in [5.74, 6) is 0. The summed E-state index contributed by atoms with van der Waals surface area (Å²) < 4.78 is 0. The number of benzene rings is 1. The molecule has 2 heteroatoms. The smallest absolute Gasteiger partial charge is 0.0303 e. The van der Waals surface area contributed by atoms with Gasteiger partial charge in [0.25, 0.3) is 0 Å². The van der Waals surface area contributed by atoms with Crippen LogP contribution in [-0.4, -0.2) is 4.98 Å². The van der Waals surface area contributed by atoms with Gasteiger partial charge in [-0.25, -0.2) is 0 Å². The highest BCUT2D eigenvalue weighted by Gasteiger charge is 2.10. The lowest BCUT2D eigenvalue weighted by atomic mass is 9.96. The molecule has 0 saturated heterocycles. The van der Waals surface area contributed by atoms with E-state index in [1.807, 2.05) is 18.5 Å². The van der Waals surface area contributed by atoms with Crippen molar-refractivity contribution < 1.29 is 0 Å². The van der Waals surface area contributed by atoms with Gasteiger partial charge in [-0.3, -0.25) is 4.98 Å². The summed E-state index contributed by atoms with van der Waals surface area (Å²) in [4.78, 5) is 4.16. The Morgan fingerprint density at radius 3 is 2.67 bits per heavy atom. The van der Waals surface area contributed by atoms with E-state index in [0.717, 1.165) is 19.3 Å². The highest BCUT2D eigenvalue weighted by atomic mass is 14.7. The minimum atomic E-state index is 0.100. The zero-order chi connectivity index (χ0) is 12.8. The van der Waals surface area contributed by atoms with Crippen molar-refractivity contribution in [2.45, 2.75) is 32.2 Å². The SMILES string of the molecule is CCc1cnccc1C(N)CCc1ccccc1. The van der Waals surface area contributed by atoms with Crippen molar-refractivity contribution >= 4 is 0 Å². The van der Waals surface area contributed by atoms with Gasteiger partial charge in [0.05, 0.1) is 0 Å². The lowest BCUT2D eigenvalue weighted by Gasteiger charge is -2.15. The average Bonchev–Trinajstić information content (AvgIpc) is 2.45. The summed E-state index contributed by atoms with van der Waals surface area (Å²) in [6, 6.07) is 12.6. The van der Waals surface area contributed by atoms with Crippen molar-refractivity contribution in [1.29, 1.82) is 0 Å². The van der Waals surface area contributed by atoms with Gasteiger partial charge in [0.2, 0.25) is 0 Å². The maximum Gasteiger partial charge on any atom is 0.0303 e. The Labute approximate surface area is 109 Å². The van der Waals surface area contributed by atoms with Gasteiger partial charge in [0.1, 0.15) is 0 Å². The third kappa shape index (κ3) is 3.17. The molecule has 2 aromatic rings. The first-order valence-corrected chi connectivity index (χ1v) is 6.53. The third-order valence-corrected chi connectivity index (χ3v) is 3.31. The third-order valence-electron chi connectivity index (χ3n) is 3.31. The molecule has 0 radical (unpaired) electrons. The van der Waals surface area contributed by atoms with Gasteiger partial charge >= 0.3 is 0 Å². The number of pyridine rings is 1. The number of nitrogens with zero attached hydrogens (tertiary/aromatic N) is 1. The van der Waals surface area contributed by atoms with E-state index < -0.39 is 0 Å². The fourth-order valence-electron chi connectivity index (χ4n) is 2.22. The summed E-state index contributed by atoms with van der Waals surface area (Å²) in [5, 5.41) is 0. The number of nitrogens with two attached hydrogens (primary N) is 1. The van der Waals surface area contributed by atoms with Crippen molar-refractivity contribution in [3.63, 3.8) is 0 Å². The summed E-state index contributed by atoms with van der Waals surface area (Å²) >= 11 is 0. The lowest BCUT2D eigenvalue weighted by molar-refractivity contribution is 0.644. The molecule has 18 heavy (non-hydrogen) atoms. The van der Waals surface area contributed by atoms with Gasteiger partial charge < -0.3 is 5.73 Å². The van der Waals surface area contributed by atoms with Crippen LogP contribution >= 0.6 is 0 Å². The highest BCUT2D eigenvalue weighted by Crippen LogP contribution is 2.20. The second kappa shape index (κ2) is 6.31. The molecule has 2 nitrogen and oxygen atoms in total. The summed E-state index contributed by atoms with van der Waals surface area (Å²) in [6.07, 6.45) is 6.74. The van der Waals surface area contributed by atoms with Gasteiger partial charge in [-0.2, -0.15) is 0 Å². The van der Waals surface area contributed by atoms with Crippen LogP contribution in [-0.2, 0) is 12.8 Å².